The summed E-state index contributed by atoms with van der Waals surface area (Å²) in [6, 6.07) is 13.8. The molecule has 0 radical (unpaired) electrons. The van der Waals surface area contributed by atoms with Crippen LogP contribution < -0.4 is 0 Å². The molecule has 1 aliphatic rings. The van der Waals surface area contributed by atoms with Crippen LogP contribution in [0, 0.1) is 6.92 Å². The molecule has 8 heteroatoms. The molecule has 0 unspecified atom stereocenters. The van der Waals surface area contributed by atoms with E-state index < -0.39 is 0 Å². The second-order valence-electron chi connectivity index (χ2n) is 7.40. The average Bonchev–Trinajstić information content (AvgIpc) is 3.54. The largest absolute Gasteiger partial charge is 0.420 e. The molecule has 0 aliphatic carbocycles. The molecule has 1 aliphatic heterocycles. The van der Waals surface area contributed by atoms with E-state index in [1.54, 1.807) is 22.2 Å². The number of thiophene rings is 1. The van der Waals surface area contributed by atoms with E-state index in [1.165, 1.54) is 0 Å². The molecular formula is C22H21N5O2S. The number of amides is 1. The summed E-state index contributed by atoms with van der Waals surface area (Å²) in [7, 11) is 0. The molecule has 30 heavy (non-hydrogen) atoms. The molecule has 0 bridgehead atoms. The van der Waals surface area contributed by atoms with Gasteiger partial charge in [0.1, 0.15) is 0 Å². The summed E-state index contributed by atoms with van der Waals surface area (Å²) in [5.41, 5.74) is 2.41. The van der Waals surface area contributed by atoms with Crippen LogP contribution >= 0.6 is 11.3 Å². The third-order valence-electron chi connectivity index (χ3n) is 5.47. The van der Waals surface area contributed by atoms with Crippen molar-refractivity contribution in [3.8, 4) is 16.5 Å². The summed E-state index contributed by atoms with van der Waals surface area (Å²) < 4.78 is 7.73. The van der Waals surface area contributed by atoms with Crippen LogP contribution in [0.15, 0.2) is 58.5 Å². The second kappa shape index (κ2) is 7.87. The number of hydrogen-bond acceptors (Lipinski definition) is 6. The number of piperidine rings is 1. The van der Waals surface area contributed by atoms with Crippen LogP contribution in [0.3, 0.4) is 0 Å². The van der Waals surface area contributed by atoms with Gasteiger partial charge in [-0.2, -0.15) is 5.10 Å². The molecule has 1 fully saturated rings. The van der Waals surface area contributed by atoms with Crippen LogP contribution in [-0.4, -0.2) is 43.9 Å². The highest BCUT2D eigenvalue weighted by Gasteiger charge is 2.30. The third-order valence-corrected chi connectivity index (χ3v) is 6.33. The van der Waals surface area contributed by atoms with E-state index in [0.717, 1.165) is 35.6 Å². The minimum Gasteiger partial charge on any atom is -0.420 e. The molecule has 0 N–H and O–H groups in total. The fourth-order valence-electron chi connectivity index (χ4n) is 3.88. The first-order valence-corrected chi connectivity index (χ1v) is 10.9. The van der Waals surface area contributed by atoms with E-state index in [2.05, 4.69) is 15.3 Å². The molecule has 0 saturated carbocycles. The van der Waals surface area contributed by atoms with Crippen molar-refractivity contribution >= 4 is 17.2 Å². The van der Waals surface area contributed by atoms with Crippen LogP contribution in [-0.2, 0) is 0 Å². The van der Waals surface area contributed by atoms with Gasteiger partial charge in [0.25, 0.3) is 11.8 Å². The summed E-state index contributed by atoms with van der Waals surface area (Å²) >= 11 is 1.57. The Kier molecular flexibility index (Phi) is 4.92. The maximum Gasteiger partial charge on any atom is 0.257 e. The predicted molar refractivity (Wildman–Crippen MR) is 114 cm³/mol. The lowest BCUT2D eigenvalue weighted by Crippen LogP contribution is -2.39. The molecule has 4 heterocycles. The van der Waals surface area contributed by atoms with Crippen molar-refractivity contribution in [3.63, 3.8) is 0 Å². The van der Waals surface area contributed by atoms with Crippen LogP contribution in [0.4, 0.5) is 0 Å². The lowest BCUT2D eigenvalue weighted by atomic mass is 9.97. The average molecular weight is 420 g/mol. The number of likely N-dealkylation sites (tertiary alicyclic amines) is 1. The van der Waals surface area contributed by atoms with Gasteiger partial charge in [0, 0.05) is 13.1 Å². The van der Waals surface area contributed by atoms with Gasteiger partial charge in [-0.25, -0.2) is 4.68 Å². The number of nitrogens with zero attached hydrogens (tertiary/aromatic N) is 5. The van der Waals surface area contributed by atoms with E-state index in [0.29, 0.717) is 23.9 Å². The van der Waals surface area contributed by atoms with Gasteiger partial charge in [0.15, 0.2) is 0 Å². The van der Waals surface area contributed by atoms with Crippen molar-refractivity contribution < 1.29 is 9.21 Å². The Labute approximate surface area is 178 Å². The predicted octanol–water partition coefficient (Wildman–Crippen LogP) is 4.31. The van der Waals surface area contributed by atoms with Crippen molar-refractivity contribution in [2.24, 2.45) is 0 Å². The Morgan fingerprint density at radius 3 is 2.83 bits per heavy atom. The summed E-state index contributed by atoms with van der Waals surface area (Å²) in [4.78, 5) is 16.1. The van der Waals surface area contributed by atoms with Crippen LogP contribution in [0.2, 0.25) is 0 Å². The number of aromatic nitrogens is 4. The summed E-state index contributed by atoms with van der Waals surface area (Å²) in [6.45, 7) is 3.22. The van der Waals surface area contributed by atoms with Gasteiger partial charge in [0.05, 0.1) is 33.9 Å². The second-order valence-corrected chi connectivity index (χ2v) is 8.35. The van der Waals surface area contributed by atoms with Crippen molar-refractivity contribution in [3.05, 3.63) is 71.2 Å². The Bertz CT molecular complexity index is 1150. The lowest BCUT2D eigenvalue weighted by molar-refractivity contribution is 0.0697. The van der Waals surface area contributed by atoms with Crippen molar-refractivity contribution in [2.75, 3.05) is 13.1 Å². The Morgan fingerprint density at radius 2 is 2.03 bits per heavy atom. The Morgan fingerprint density at radius 1 is 1.17 bits per heavy atom. The minimum atomic E-state index is -0.00243. The number of hydrogen-bond donors (Lipinski definition) is 0. The van der Waals surface area contributed by atoms with E-state index in [1.807, 2.05) is 59.7 Å². The Balaban J connectivity index is 1.34. The minimum absolute atomic E-state index is 0.00243. The van der Waals surface area contributed by atoms with Gasteiger partial charge >= 0.3 is 0 Å². The van der Waals surface area contributed by atoms with E-state index >= 15 is 0 Å². The number of rotatable bonds is 4. The van der Waals surface area contributed by atoms with E-state index in [-0.39, 0.29) is 11.8 Å². The molecule has 1 amide bonds. The smallest absolute Gasteiger partial charge is 0.257 e. The number of carbonyl (C=O) groups is 1. The summed E-state index contributed by atoms with van der Waals surface area (Å²) in [6.07, 6.45) is 3.49. The standard InChI is InChI=1S/C22H21N5O2S/c1-15-18(13-23-27(15)17-8-3-2-4-9-17)22(28)26-11-5-7-16(14-26)20-24-25-21(29-20)19-10-6-12-30-19/h2-4,6,8-10,12-13,16H,5,7,11,14H2,1H3/t16-/m0/s1. The molecule has 1 atom stereocenters. The molecule has 3 aromatic heterocycles. The quantitative estimate of drug-likeness (QED) is 0.493. The number of carbonyl (C=O) groups excluding carboxylic acids is 1. The Hall–Kier alpha value is -3.26. The highest BCUT2D eigenvalue weighted by atomic mass is 32.1. The van der Waals surface area contributed by atoms with Gasteiger partial charge in [0.2, 0.25) is 5.89 Å². The molecule has 5 rings (SSSR count). The zero-order valence-electron chi connectivity index (χ0n) is 16.6. The zero-order valence-corrected chi connectivity index (χ0v) is 17.4. The number of para-hydroxylation sites is 1. The van der Waals surface area contributed by atoms with Gasteiger partial charge in [-0.1, -0.05) is 24.3 Å². The van der Waals surface area contributed by atoms with Crippen molar-refractivity contribution in [2.45, 2.75) is 25.7 Å². The maximum atomic E-state index is 13.2. The first-order valence-electron chi connectivity index (χ1n) is 9.97. The van der Waals surface area contributed by atoms with E-state index in [4.69, 9.17) is 4.42 Å². The topological polar surface area (TPSA) is 77.1 Å². The van der Waals surface area contributed by atoms with Crippen molar-refractivity contribution in [1.29, 1.82) is 0 Å². The van der Waals surface area contributed by atoms with Gasteiger partial charge in [-0.3, -0.25) is 4.79 Å². The summed E-state index contributed by atoms with van der Waals surface area (Å²) in [5.74, 6) is 1.20. The number of benzene rings is 1. The first-order chi connectivity index (χ1) is 14.7. The normalized spacial score (nSPS) is 16.7. The lowest BCUT2D eigenvalue weighted by Gasteiger charge is -2.31. The molecule has 7 nitrogen and oxygen atoms in total. The molecule has 152 valence electrons. The fourth-order valence-corrected chi connectivity index (χ4v) is 4.53. The SMILES string of the molecule is Cc1c(C(=O)N2CCC[C@H](c3nnc(-c4cccs4)o3)C2)cnn1-c1ccccc1. The third kappa shape index (κ3) is 3.43. The molecule has 4 aromatic rings. The monoisotopic (exact) mass is 419 g/mol. The van der Waals surface area contributed by atoms with Gasteiger partial charge in [-0.15, -0.1) is 21.5 Å². The zero-order chi connectivity index (χ0) is 20.5. The van der Waals surface area contributed by atoms with Crippen molar-refractivity contribution in [1.82, 2.24) is 24.9 Å². The van der Waals surface area contributed by atoms with Gasteiger partial charge in [-0.05, 0) is 43.3 Å². The van der Waals surface area contributed by atoms with Gasteiger partial charge < -0.3 is 9.32 Å². The molecule has 0 spiro atoms. The summed E-state index contributed by atoms with van der Waals surface area (Å²) in [5, 5.41) is 14.9. The first kappa shape index (κ1) is 18.7. The van der Waals surface area contributed by atoms with Crippen LogP contribution in [0.1, 0.15) is 40.7 Å². The van der Waals surface area contributed by atoms with E-state index in [9.17, 15) is 4.79 Å². The van der Waals surface area contributed by atoms with Crippen LogP contribution in [0.5, 0.6) is 0 Å². The molecule has 1 saturated heterocycles. The maximum absolute atomic E-state index is 13.2. The van der Waals surface area contributed by atoms with Crippen LogP contribution in [0.25, 0.3) is 16.5 Å². The highest BCUT2D eigenvalue weighted by molar-refractivity contribution is 7.13. The fraction of sp³-hybridized carbons (Fsp3) is 0.273. The molecular weight excluding hydrogens is 398 g/mol. The molecule has 1 aromatic carbocycles. The highest BCUT2D eigenvalue weighted by Crippen LogP contribution is 2.30.